The second kappa shape index (κ2) is 21.3. The second-order valence-electron chi connectivity index (χ2n) is 15.4. The molecule has 0 radical (unpaired) electrons. The normalized spacial score (nSPS) is 49.6. The molecule has 0 aromatic carbocycles. The van der Waals surface area contributed by atoms with Crippen molar-refractivity contribution in [2.75, 3.05) is 26.4 Å². The average Bonchev–Trinajstić information content (AvgIpc) is 3.22. The predicted octanol–water partition coefficient (Wildman–Crippen LogP) is -10.6. The number of aliphatic hydroxyl groups excluding tert-OH is 14. The molecule has 5 heterocycles. The van der Waals surface area contributed by atoms with Crippen LogP contribution in [0, 0.1) is 0 Å². The van der Waals surface area contributed by atoms with Crippen molar-refractivity contribution in [3.05, 3.63) is 0 Å². The Bertz CT molecular complexity index is 1420. The van der Waals surface area contributed by atoms with E-state index in [1.807, 2.05) is 0 Å². The van der Waals surface area contributed by atoms with Crippen molar-refractivity contribution in [1.82, 2.24) is 10.6 Å². The summed E-state index contributed by atoms with van der Waals surface area (Å²) >= 11 is 0. The average molecular weight is 895 g/mol. The molecule has 0 unspecified atom stereocenters. The molecule has 354 valence electrons. The Hall–Kier alpha value is -1.98. The summed E-state index contributed by atoms with van der Waals surface area (Å²) < 4.78 is 51.9. The first-order chi connectivity index (χ1) is 28.8. The highest BCUT2D eigenvalue weighted by Crippen LogP contribution is 2.37. The van der Waals surface area contributed by atoms with E-state index in [2.05, 4.69) is 10.6 Å². The standard InChI is InChI=1S/C34H58N2O25/c1-8-17(43)21(47)23(49)32(53-8)60-28-16(36-10(3)42)31(57-14(7-40)26(28)58-33-24(50)22(48)18(44)11(4-37)55-33)61-29-20(46)13(6-39)56-34(25(29)51)59-27-15(35-9(2)41)30(52)54-12(5-38)19(27)45/h8,11-34,37-40,43-52H,4-7H2,1-3H3,(H,35,41)(H,36,42)/t8-,11+,12+,13+,14+,15+,16+,17+,18-,19+,20-,21+,22-,23-,24+,25+,26+,27+,28+,29-,30-,31-,32-,33-,34-/m0/s1. The van der Waals surface area contributed by atoms with Crippen molar-refractivity contribution < 1.29 is 124 Å². The molecule has 5 aliphatic heterocycles. The first-order valence-electron chi connectivity index (χ1n) is 19.5. The fourth-order valence-electron chi connectivity index (χ4n) is 7.77. The SMILES string of the molecule is CC(=O)N[C@@H]1[C@@H](O[C@@H]2O[C@H](CO)[C@H](O)[C@H](O[C@@H]3O[C@H](CO)[C@@H](O[C@@H]4O[C@H](CO)[C@H](O)[C@H](O)[C@H]4O)[C@H](O[C@@H]4O[C@@H](C)[C@@H](O)[C@@H](O)[C@@H]4O)[C@H]3NC(C)=O)[C@H]2O)[C@H](O)[C@@H](CO)O[C@@H]1O. The van der Waals surface area contributed by atoms with Gasteiger partial charge in [-0.05, 0) is 6.92 Å². The number of amides is 2. The van der Waals surface area contributed by atoms with E-state index in [0.29, 0.717) is 0 Å². The van der Waals surface area contributed by atoms with Gasteiger partial charge >= 0.3 is 0 Å². The van der Waals surface area contributed by atoms with Crippen LogP contribution in [0.5, 0.6) is 0 Å². The lowest BCUT2D eigenvalue weighted by molar-refractivity contribution is -0.389. The fraction of sp³-hybridized carbons (Fsp3) is 0.941. The van der Waals surface area contributed by atoms with Crippen molar-refractivity contribution in [2.45, 2.75) is 174 Å². The van der Waals surface area contributed by atoms with E-state index < -0.39 is 192 Å². The number of ether oxygens (including phenoxy) is 9. The van der Waals surface area contributed by atoms with Crippen molar-refractivity contribution in [1.29, 1.82) is 0 Å². The van der Waals surface area contributed by atoms with Crippen LogP contribution in [0.15, 0.2) is 0 Å². The summed E-state index contributed by atoms with van der Waals surface area (Å²) in [6.07, 6.45) is -41.7. The van der Waals surface area contributed by atoms with Crippen LogP contribution in [-0.2, 0) is 52.2 Å². The van der Waals surface area contributed by atoms with Gasteiger partial charge in [-0.15, -0.1) is 0 Å². The molecule has 2 amide bonds. The molecule has 27 heteroatoms. The van der Waals surface area contributed by atoms with Crippen LogP contribution in [0.4, 0.5) is 0 Å². The van der Waals surface area contributed by atoms with E-state index in [9.17, 15) is 81.1 Å². The van der Waals surface area contributed by atoms with Crippen LogP contribution in [-0.4, -0.2) is 263 Å². The van der Waals surface area contributed by atoms with E-state index in [1.54, 1.807) is 0 Å². The maximum Gasteiger partial charge on any atom is 0.217 e. The largest absolute Gasteiger partial charge is 0.394 e. The summed E-state index contributed by atoms with van der Waals surface area (Å²) in [5, 5.41) is 153. The number of carbonyl (C=O) groups is 2. The lowest BCUT2D eigenvalue weighted by Gasteiger charge is -2.51. The number of carbonyl (C=O) groups excluding carboxylic acids is 2. The van der Waals surface area contributed by atoms with Gasteiger partial charge in [0.15, 0.2) is 31.5 Å². The molecule has 27 nitrogen and oxygen atoms in total. The summed E-state index contributed by atoms with van der Waals surface area (Å²) in [5.41, 5.74) is 0. The zero-order valence-electron chi connectivity index (χ0n) is 33.0. The van der Waals surface area contributed by atoms with E-state index in [0.717, 1.165) is 13.8 Å². The van der Waals surface area contributed by atoms with Gasteiger partial charge in [0.25, 0.3) is 0 Å². The van der Waals surface area contributed by atoms with Gasteiger partial charge in [-0.3, -0.25) is 9.59 Å². The minimum Gasteiger partial charge on any atom is -0.394 e. The van der Waals surface area contributed by atoms with E-state index in [4.69, 9.17) is 42.6 Å². The molecular weight excluding hydrogens is 836 g/mol. The molecule has 0 aromatic heterocycles. The quantitative estimate of drug-likeness (QED) is 0.0770. The smallest absolute Gasteiger partial charge is 0.217 e. The third-order valence-electron chi connectivity index (χ3n) is 11.1. The Labute approximate surface area is 346 Å². The van der Waals surface area contributed by atoms with Gasteiger partial charge in [0.05, 0.1) is 32.5 Å². The molecule has 25 atom stereocenters. The molecule has 5 saturated heterocycles. The van der Waals surface area contributed by atoms with E-state index >= 15 is 0 Å². The van der Waals surface area contributed by atoms with Gasteiger partial charge in [0.1, 0.15) is 116 Å². The Balaban J connectivity index is 1.51. The minimum absolute atomic E-state index is 0.723. The van der Waals surface area contributed by atoms with E-state index in [-0.39, 0.29) is 0 Å². The summed E-state index contributed by atoms with van der Waals surface area (Å²) in [4.78, 5) is 24.8. The fourth-order valence-corrected chi connectivity index (χ4v) is 7.77. The van der Waals surface area contributed by atoms with Crippen LogP contribution in [0.3, 0.4) is 0 Å². The third-order valence-corrected chi connectivity index (χ3v) is 11.1. The van der Waals surface area contributed by atoms with Crippen LogP contribution in [0.1, 0.15) is 20.8 Å². The number of rotatable bonds is 14. The predicted molar refractivity (Wildman–Crippen MR) is 188 cm³/mol. The molecule has 0 spiro atoms. The van der Waals surface area contributed by atoms with Crippen LogP contribution in [0.25, 0.3) is 0 Å². The van der Waals surface area contributed by atoms with Crippen molar-refractivity contribution in [3.8, 4) is 0 Å². The third kappa shape index (κ3) is 10.8. The maximum absolute atomic E-state index is 12.8. The number of hydrogen-bond donors (Lipinski definition) is 16. The number of nitrogens with one attached hydrogen (secondary N) is 2. The molecule has 0 aromatic rings. The highest BCUT2D eigenvalue weighted by Gasteiger charge is 2.58. The summed E-state index contributed by atoms with van der Waals surface area (Å²) in [6.45, 7) is -0.293. The van der Waals surface area contributed by atoms with Crippen molar-refractivity contribution >= 4 is 11.8 Å². The van der Waals surface area contributed by atoms with Crippen LogP contribution in [0.2, 0.25) is 0 Å². The molecule has 16 N–H and O–H groups in total. The lowest BCUT2D eigenvalue weighted by atomic mass is 9.93. The van der Waals surface area contributed by atoms with Gasteiger partial charge in [-0.1, -0.05) is 0 Å². The monoisotopic (exact) mass is 894 g/mol. The zero-order valence-corrected chi connectivity index (χ0v) is 33.0. The Kier molecular flexibility index (Phi) is 17.5. The van der Waals surface area contributed by atoms with Crippen LogP contribution >= 0.6 is 0 Å². The number of hydrogen-bond acceptors (Lipinski definition) is 25. The molecular formula is C34H58N2O25. The van der Waals surface area contributed by atoms with Crippen molar-refractivity contribution in [2.24, 2.45) is 0 Å². The Morgan fingerprint density at radius 2 is 0.836 bits per heavy atom. The molecule has 0 bridgehead atoms. The van der Waals surface area contributed by atoms with Crippen molar-refractivity contribution in [3.63, 3.8) is 0 Å². The number of aliphatic hydroxyl groups is 14. The van der Waals surface area contributed by atoms with Gasteiger partial charge in [-0.2, -0.15) is 0 Å². The van der Waals surface area contributed by atoms with Gasteiger partial charge in [-0.25, -0.2) is 0 Å². The Morgan fingerprint density at radius 3 is 1.39 bits per heavy atom. The van der Waals surface area contributed by atoms with Gasteiger partial charge in [0, 0.05) is 13.8 Å². The maximum atomic E-state index is 12.8. The first-order valence-corrected chi connectivity index (χ1v) is 19.5. The second-order valence-corrected chi connectivity index (χ2v) is 15.4. The molecule has 61 heavy (non-hydrogen) atoms. The van der Waals surface area contributed by atoms with Gasteiger partial charge < -0.3 is 125 Å². The topological polar surface area (TPSA) is 424 Å². The molecule has 5 aliphatic rings. The Morgan fingerprint density at radius 1 is 0.426 bits per heavy atom. The zero-order chi connectivity index (χ0) is 45.2. The lowest BCUT2D eigenvalue weighted by Crippen LogP contribution is -2.71. The highest BCUT2D eigenvalue weighted by molar-refractivity contribution is 5.73. The summed E-state index contributed by atoms with van der Waals surface area (Å²) in [5.74, 6) is -1.56. The van der Waals surface area contributed by atoms with E-state index in [1.165, 1.54) is 6.92 Å². The van der Waals surface area contributed by atoms with Crippen LogP contribution < -0.4 is 10.6 Å². The molecule has 0 saturated carbocycles. The van der Waals surface area contributed by atoms with Gasteiger partial charge in [0.2, 0.25) is 11.8 Å². The summed E-state index contributed by atoms with van der Waals surface area (Å²) in [6, 6.07) is -3.29. The first kappa shape index (κ1) is 50.0. The minimum atomic E-state index is -2.15. The molecule has 5 rings (SSSR count). The molecule has 0 aliphatic carbocycles. The summed E-state index contributed by atoms with van der Waals surface area (Å²) in [7, 11) is 0. The molecule has 5 fully saturated rings. The highest BCUT2D eigenvalue weighted by atomic mass is 16.8.